The fraction of sp³-hybridized carbons (Fsp3) is 1.00. The van der Waals surface area contributed by atoms with E-state index in [0.29, 0.717) is 6.42 Å². The van der Waals surface area contributed by atoms with E-state index in [-0.39, 0.29) is 18.1 Å². The second-order valence-corrected chi connectivity index (χ2v) is 5.50. The maximum absolute atomic E-state index is 13.1. The van der Waals surface area contributed by atoms with Gasteiger partial charge >= 0.3 is 7.91 Å². The van der Waals surface area contributed by atoms with Crippen molar-refractivity contribution in [3.63, 3.8) is 0 Å². The van der Waals surface area contributed by atoms with Gasteiger partial charge in [-0.2, -0.15) is 0 Å². The van der Waals surface area contributed by atoms with Crippen LogP contribution in [-0.4, -0.2) is 12.7 Å². The summed E-state index contributed by atoms with van der Waals surface area (Å²) >= 11 is 0. The topological polar surface area (TPSA) is 35.5 Å². The molecule has 0 N–H and O–H groups in total. The minimum absolute atomic E-state index is 0.163. The summed E-state index contributed by atoms with van der Waals surface area (Å²) in [6, 6.07) is 0. The average molecular weight is 238 g/mol. The molecular weight excluding hydrogens is 218 g/mol. The van der Waals surface area contributed by atoms with Crippen molar-refractivity contribution in [1.82, 2.24) is 0 Å². The van der Waals surface area contributed by atoms with E-state index in [0.717, 1.165) is 19.3 Å². The highest BCUT2D eigenvalue weighted by Crippen LogP contribution is 2.59. The zero-order valence-corrected chi connectivity index (χ0v) is 10.6. The van der Waals surface area contributed by atoms with Gasteiger partial charge in [0.1, 0.15) is 0 Å². The van der Waals surface area contributed by atoms with E-state index in [1.807, 2.05) is 13.8 Å². The minimum atomic E-state index is -4.28. The van der Waals surface area contributed by atoms with Crippen LogP contribution in [0, 0.1) is 5.41 Å². The standard InChI is InChI=1S/C10H20FO3P/c1-4-7-10(6-3)8-13-15(11,12)14-9(10)5-2/h9H,4-8H2,1-3H3. The Balaban J connectivity index is 2.83. The lowest BCUT2D eigenvalue weighted by Crippen LogP contribution is -2.42. The fourth-order valence-corrected chi connectivity index (χ4v) is 3.49. The SMILES string of the molecule is CCCC1(CC)COP(=O)(F)OC1CC. The van der Waals surface area contributed by atoms with Gasteiger partial charge in [0, 0.05) is 5.41 Å². The Labute approximate surface area is 91.0 Å². The Kier molecular flexibility index (Phi) is 4.33. The van der Waals surface area contributed by atoms with Gasteiger partial charge in [0.2, 0.25) is 0 Å². The van der Waals surface area contributed by atoms with E-state index in [4.69, 9.17) is 9.05 Å². The highest BCUT2D eigenvalue weighted by Gasteiger charge is 2.47. The fourth-order valence-electron chi connectivity index (χ4n) is 2.34. The maximum Gasteiger partial charge on any atom is 0.513 e. The van der Waals surface area contributed by atoms with Crippen LogP contribution in [0.3, 0.4) is 0 Å². The second kappa shape index (κ2) is 4.94. The van der Waals surface area contributed by atoms with Crippen LogP contribution in [-0.2, 0) is 13.6 Å². The summed E-state index contributed by atoms with van der Waals surface area (Å²) in [5.41, 5.74) is -0.163. The molecule has 1 fully saturated rings. The first kappa shape index (κ1) is 13.1. The monoisotopic (exact) mass is 238 g/mol. The van der Waals surface area contributed by atoms with Gasteiger partial charge in [-0.3, -0.25) is 9.05 Å². The summed E-state index contributed by atoms with van der Waals surface area (Å²) in [4.78, 5) is 0. The Bertz CT molecular complexity index is 259. The Morgan fingerprint density at radius 1 is 1.47 bits per heavy atom. The molecule has 0 radical (unpaired) electrons. The minimum Gasteiger partial charge on any atom is -0.283 e. The van der Waals surface area contributed by atoms with Crippen molar-refractivity contribution in [3.05, 3.63) is 0 Å². The first-order valence-electron chi connectivity index (χ1n) is 5.62. The van der Waals surface area contributed by atoms with E-state index in [9.17, 15) is 8.76 Å². The molecule has 1 aliphatic rings. The molecule has 0 aromatic heterocycles. The first-order valence-corrected chi connectivity index (χ1v) is 7.05. The van der Waals surface area contributed by atoms with Gasteiger partial charge in [-0.05, 0) is 19.3 Å². The number of rotatable bonds is 4. The summed E-state index contributed by atoms with van der Waals surface area (Å²) in [7, 11) is -4.28. The molecule has 0 aromatic rings. The average Bonchev–Trinajstić information content (AvgIpc) is 2.21. The van der Waals surface area contributed by atoms with Gasteiger partial charge in [-0.25, -0.2) is 4.57 Å². The van der Waals surface area contributed by atoms with E-state index < -0.39 is 7.91 Å². The third-order valence-corrected chi connectivity index (χ3v) is 4.21. The van der Waals surface area contributed by atoms with Crippen molar-refractivity contribution in [3.8, 4) is 0 Å². The predicted octanol–water partition coefficient (Wildman–Crippen LogP) is 4.09. The van der Waals surface area contributed by atoms with Gasteiger partial charge in [0.25, 0.3) is 0 Å². The molecule has 1 saturated heterocycles. The highest BCUT2D eigenvalue weighted by atomic mass is 31.2. The maximum atomic E-state index is 13.1. The van der Waals surface area contributed by atoms with Crippen molar-refractivity contribution >= 4 is 7.91 Å². The van der Waals surface area contributed by atoms with Crippen LogP contribution in [0.4, 0.5) is 4.20 Å². The molecule has 5 heteroatoms. The zero-order chi connectivity index (χ0) is 11.5. The van der Waals surface area contributed by atoms with Gasteiger partial charge in [-0.1, -0.05) is 27.2 Å². The summed E-state index contributed by atoms with van der Waals surface area (Å²) in [5.74, 6) is 0. The summed E-state index contributed by atoms with van der Waals surface area (Å²) < 4.78 is 33.9. The molecule has 90 valence electrons. The Morgan fingerprint density at radius 3 is 2.60 bits per heavy atom. The van der Waals surface area contributed by atoms with Crippen molar-refractivity contribution in [2.45, 2.75) is 52.6 Å². The molecule has 1 rings (SSSR count). The Morgan fingerprint density at radius 2 is 2.13 bits per heavy atom. The normalized spacial score (nSPS) is 41.7. The van der Waals surface area contributed by atoms with Crippen molar-refractivity contribution in [2.75, 3.05) is 6.61 Å². The van der Waals surface area contributed by atoms with Gasteiger partial charge in [0.15, 0.2) is 0 Å². The van der Waals surface area contributed by atoms with Crippen LogP contribution in [0.1, 0.15) is 46.5 Å². The van der Waals surface area contributed by atoms with Crippen LogP contribution < -0.4 is 0 Å². The van der Waals surface area contributed by atoms with Crippen LogP contribution >= 0.6 is 7.91 Å². The van der Waals surface area contributed by atoms with E-state index in [1.54, 1.807) is 0 Å². The molecule has 1 aliphatic heterocycles. The molecule has 3 nitrogen and oxygen atoms in total. The second-order valence-electron chi connectivity index (χ2n) is 4.17. The molecule has 3 atom stereocenters. The summed E-state index contributed by atoms with van der Waals surface area (Å²) in [5, 5.41) is 0. The molecule has 0 amide bonds. The van der Waals surface area contributed by atoms with E-state index in [2.05, 4.69) is 6.92 Å². The quantitative estimate of drug-likeness (QED) is 0.692. The molecule has 1 heterocycles. The molecule has 0 aromatic carbocycles. The van der Waals surface area contributed by atoms with E-state index >= 15 is 0 Å². The van der Waals surface area contributed by atoms with Crippen molar-refractivity contribution in [1.29, 1.82) is 0 Å². The number of hydrogen-bond donors (Lipinski definition) is 0. The third-order valence-electron chi connectivity index (χ3n) is 3.27. The van der Waals surface area contributed by atoms with Crippen LogP contribution in [0.2, 0.25) is 0 Å². The number of hydrogen-bond acceptors (Lipinski definition) is 3. The van der Waals surface area contributed by atoms with Crippen LogP contribution in [0.25, 0.3) is 0 Å². The van der Waals surface area contributed by atoms with Crippen molar-refractivity contribution in [2.24, 2.45) is 5.41 Å². The van der Waals surface area contributed by atoms with Crippen LogP contribution in [0.5, 0.6) is 0 Å². The molecule has 15 heavy (non-hydrogen) atoms. The Hall–Kier alpha value is 0.0800. The smallest absolute Gasteiger partial charge is 0.283 e. The van der Waals surface area contributed by atoms with Gasteiger partial charge < -0.3 is 0 Å². The van der Waals surface area contributed by atoms with Crippen LogP contribution in [0.15, 0.2) is 0 Å². The molecule has 0 bridgehead atoms. The zero-order valence-electron chi connectivity index (χ0n) is 9.66. The van der Waals surface area contributed by atoms with Gasteiger partial charge in [-0.15, -0.1) is 4.20 Å². The molecule has 0 aliphatic carbocycles. The first-order chi connectivity index (χ1) is 6.99. The molecular formula is C10H20FO3P. The lowest BCUT2D eigenvalue weighted by Gasteiger charge is -2.43. The third kappa shape index (κ3) is 2.80. The highest BCUT2D eigenvalue weighted by molar-refractivity contribution is 7.48. The lowest BCUT2D eigenvalue weighted by atomic mass is 9.75. The molecule has 0 spiro atoms. The summed E-state index contributed by atoms with van der Waals surface area (Å²) in [6.07, 6.45) is 3.16. The van der Waals surface area contributed by atoms with Crippen molar-refractivity contribution < 1.29 is 17.8 Å². The predicted molar refractivity (Wildman–Crippen MR) is 57.5 cm³/mol. The molecule has 3 unspecified atom stereocenters. The summed E-state index contributed by atoms with van der Waals surface area (Å²) in [6.45, 7) is 6.26. The number of halogens is 1. The van der Waals surface area contributed by atoms with Gasteiger partial charge in [0.05, 0.1) is 12.7 Å². The molecule has 0 saturated carbocycles. The largest absolute Gasteiger partial charge is 0.513 e. The van der Waals surface area contributed by atoms with E-state index in [1.165, 1.54) is 0 Å². The lowest BCUT2D eigenvalue weighted by molar-refractivity contribution is -0.0658.